The molecule has 0 radical (unpaired) electrons. The number of carbonyl (C=O) groups is 1. The number of likely N-dealkylation sites (tertiary alicyclic amines) is 1. The van der Waals surface area contributed by atoms with Crippen molar-refractivity contribution < 1.29 is 40.3 Å². The van der Waals surface area contributed by atoms with Crippen LogP contribution in [-0.2, 0) is 41.8 Å². The third-order valence-electron chi connectivity index (χ3n) is 6.52. The number of hydrogen-bond donors (Lipinski definition) is 0. The topological polar surface area (TPSA) is 85.3 Å². The Bertz CT molecular complexity index is 1410. The van der Waals surface area contributed by atoms with Gasteiger partial charge in [0.05, 0.1) is 41.0 Å². The molecule has 0 N–H and O–H groups in total. The molecule has 1 aromatic heterocycles. The lowest BCUT2D eigenvalue weighted by molar-refractivity contribution is -0.275. The van der Waals surface area contributed by atoms with Gasteiger partial charge in [-0.2, -0.15) is 13.2 Å². The van der Waals surface area contributed by atoms with Gasteiger partial charge in [-0.05, 0) is 30.2 Å². The van der Waals surface area contributed by atoms with Crippen LogP contribution in [0.5, 0.6) is 0 Å². The van der Waals surface area contributed by atoms with Gasteiger partial charge >= 0.3 is 6.18 Å². The van der Waals surface area contributed by atoms with E-state index in [1.54, 1.807) is 6.07 Å². The first kappa shape index (κ1) is 26.7. The summed E-state index contributed by atoms with van der Waals surface area (Å²) in [7, 11) is -3.50. The molecule has 3 aliphatic heterocycles. The second kappa shape index (κ2) is 8.80. The first-order chi connectivity index (χ1) is 17.1. The number of benzene rings is 1. The molecule has 7 nitrogen and oxygen atoms in total. The molecule has 4 heterocycles. The molecule has 1 aromatic carbocycles. The molecule has 1 unspecified atom stereocenters. The fraction of sp³-hybridized carbons (Fsp3) is 0.455. The van der Waals surface area contributed by atoms with Crippen molar-refractivity contribution in [3.63, 3.8) is 0 Å². The Morgan fingerprint density at radius 1 is 1.22 bits per heavy atom. The van der Waals surface area contributed by atoms with Crippen molar-refractivity contribution in [1.29, 1.82) is 0 Å². The van der Waals surface area contributed by atoms with E-state index < -0.39 is 66.7 Å². The van der Waals surface area contributed by atoms with Gasteiger partial charge in [0, 0.05) is 16.7 Å². The van der Waals surface area contributed by atoms with Crippen LogP contribution in [0.25, 0.3) is 0 Å². The van der Waals surface area contributed by atoms with Crippen LogP contribution in [0.2, 0.25) is 10.0 Å². The van der Waals surface area contributed by atoms with Gasteiger partial charge in [-0.15, -0.1) is 11.3 Å². The maximum Gasteiger partial charge on any atom is 0.435 e. The van der Waals surface area contributed by atoms with Crippen LogP contribution in [0.1, 0.15) is 27.3 Å². The van der Waals surface area contributed by atoms with Gasteiger partial charge < -0.3 is 14.5 Å². The summed E-state index contributed by atoms with van der Waals surface area (Å²) in [5.41, 5.74) is -3.36. The van der Waals surface area contributed by atoms with Crippen molar-refractivity contribution in [1.82, 2.24) is 4.90 Å². The molecule has 1 fully saturated rings. The zero-order chi connectivity index (χ0) is 27.0. The van der Waals surface area contributed by atoms with Crippen LogP contribution in [-0.4, -0.2) is 62.8 Å². The molecule has 1 spiro atoms. The van der Waals surface area contributed by atoms with Crippen molar-refractivity contribution in [3.8, 4) is 0 Å². The number of thiophene rings is 1. The zero-order valence-corrected chi connectivity index (χ0v) is 22.1. The van der Waals surface area contributed by atoms with E-state index in [1.165, 1.54) is 16.2 Å². The smallest absolute Gasteiger partial charge is 0.374 e. The number of hydrogen-bond acceptors (Lipinski definition) is 7. The number of carbonyl (C=O) groups excluding carboxylic acids is 1. The molecule has 200 valence electrons. The molecule has 1 saturated heterocycles. The molecule has 15 heteroatoms. The van der Waals surface area contributed by atoms with E-state index in [0.717, 1.165) is 28.8 Å². The minimum Gasteiger partial charge on any atom is -0.374 e. The summed E-state index contributed by atoms with van der Waals surface area (Å²) >= 11 is 12.7. The first-order valence-corrected chi connectivity index (χ1v) is 14.5. The van der Waals surface area contributed by atoms with Crippen molar-refractivity contribution >= 4 is 56.0 Å². The quantitative estimate of drug-likeness (QED) is 0.383. The fourth-order valence-corrected chi connectivity index (χ4v) is 7.12. The fourth-order valence-electron chi connectivity index (χ4n) is 4.69. The highest BCUT2D eigenvalue weighted by Gasteiger charge is 2.63. The number of fused-ring (bicyclic) bond motifs is 2. The van der Waals surface area contributed by atoms with Gasteiger partial charge in [0.25, 0.3) is 5.60 Å². The normalized spacial score (nSPS) is 22.9. The van der Waals surface area contributed by atoms with E-state index in [-0.39, 0.29) is 18.8 Å². The van der Waals surface area contributed by atoms with Crippen LogP contribution in [0.3, 0.4) is 0 Å². The van der Waals surface area contributed by atoms with Crippen LogP contribution >= 0.6 is 34.5 Å². The summed E-state index contributed by atoms with van der Waals surface area (Å²) in [6, 6.07) is 3.38. The highest BCUT2D eigenvalue weighted by atomic mass is 35.5. The predicted molar refractivity (Wildman–Crippen MR) is 128 cm³/mol. The van der Waals surface area contributed by atoms with Gasteiger partial charge in [0.1, 0.15) is 17.1 Å². The summed E-state index contributed by atoms with van der Waals surface area (Å²) in [4.78, 5) is 19.8. The Morgan fingerprint density at radius 2 is 1.86 bits per heavy atom. The summed E-state index contributed by atoms with van der Waals surface area (Å²) in [6.07, 6.45) is -4.15. The third-order valence-corrected chi connectivity index (χ3v) is 9.26. The Morgan fingerprint density at radius 3 is 2.46 bits per heavy atom. The van der Waals surface area contributed by atoms with Crippen LogP contribution in [0.4, 0.5) is 17.6 Å². The maximum atomic E-state index is 14.3. The largest absolute Gasteiger partial charge is 0.435 e. The molecule has 2 aromatic rings. The highest BCUT2D eigenvalue weighted by Crippen LogP contribution is 2.52. The van der Waals surface area contributed by atoms with Gasteiger partial charge in [0.2, 0.25) is 5.91 Å². The van der Waals surface area contributed by atoms with Crippen LogP contribution < -0.4 is 0 Å². The number of rotatable bonds is 4. The summed E-state index contributed by atoms with van der Waals surface area (Å²) in [5, 5.41) is 2.61. The molecule has 0 aliphatic carbocycles. The predicted octanol–water partition coefficient (Wildman–Crippen LogP) is 4.43. The lowest BCUT2D eigenvalue weighted by Gasteiger charge is -2.51. The second-order valence-corrected chi connectivity index (χ2v) is 13.3. The first-order valence-electron chi connectivity index (χ1n) is 10.8. The van der Waals surface area contributed by atoms with E-state index in [2.05, 4.69) is 5.16 Å². The maximum absolute atomic E-state index is 14.3. The minimum absolute atomic E-state index is 0.0350. The van der Waals surface area contributed by atoms with Gasteiger partial charge in [0.15, 0.2) is 15.7 Å². The van der Waals surface area contributed by atoms with E-state index in [0.29, 0.717) is 17.9 Å². The Labute approximate surface area is 222 Å². The number of oxime groups is 1. The second-order valence-electron chi connectivity index (χ2n) is 9.26. The van der Waals surface area contributed by atoms with Gasteiger partial charge in [-0.1, -0.05) is 28.4 Å². The van der Waals surface area contributed by atoms with E-state index >= 15 is 0 Å². The SMILES string of the molecule is CS(=O)(=O)CC(=O)N1CC2(C1)OCCc1cc(C3=NOC(c4cc(Cl)c(F)c(Cl)c4)(C(F)(F)F)C3)sc12. The molecule has 1 amide bonds. The number of amides is 1. The Balaban J connectivity index is 1.42. The number of sulfone groups is 1. The zero-order valence-electron chi connectivity index (χ0n) is 19.0. The molecular weight excluding hydrogens is 583 g/mol. The van der Waals surface area contributed by atoms with Crippen molar-refractivity contribution in [2.24, 2.45) is 5.16 Å². The Hall–Kier alpha value is -1.93. The summed E-state index contributed by atoms with van der Waals surface area (Å²) in [5.74, 6) is -2.19. The molecule has 0 bridgehead atoms. The van der Waals surface area contributed by atoms with Crippen molar-refractivity contribution in [3.05, 3.63) is 54.9 Å². The Kier molecular flexibility index (Phi) is 6.34. The summed E-state index contributed by atoms with van der Waals surface area (Å²) < 4.78 is 85.8. The van der Waals surface area contributed by atoms with Gasteiger partial charge in [-0.3, -0.25) is 4.79 Å². The van der Waals surface area contributed by atoms with Crippen LogP contribution in [0.15, 0.2) is 23.4 Å². The average molecular weight is 601 g/mol. The third kappa shape index (κ3) is 4.52. The average Bonchev–Trinajstić information content (AvgIpc) is 3.39. The van der Waals surface area contributed by atoms with Crippen molar-refractivity contribution in [2.45, 2.75) is 30.2 Å². The molecule has 37 heavy (non-hydrogen) atoms. The van der Waals surface area contributed by atoms with E-state index in [1.807, 2.05) is 0 Å². The lowest BCUT2D eigenvalue weighted by atomic mass is 9.86. The molecule has 1 atom stereocenters. The number of nitrogens with zero attached hydrogens (tertiary/aromatic N) is 2. The van der Waals surface area contributed by atoms with Crippen LogP contribution in [0, 0.1) is 5.82 Å². The summed E-state index contributed by atoms with van der Waals surface area (Å²) in [6.45, 7) is 0.603. The lowest BCUT2D eigenvalue weighted by Crippen LogP contribution is -2.64. The molecular formula is C22H18Cl2F4N2O5S2. The number of alkyl halides is 3. The van der Waals surface area contributed by atoms with E-state index in [4.69, 9.17) is 32.8 Å². The molecule has 5 rings (SSSR count). The number of ether oxygens (including phenoxy) is 1. The minimum atomic E-state index is -4.93. The van der Waals surface area contributed by atoms with E-state index in [9.17, 15) is 30.8 Å². The molecule has 0 saturated carbocycles. The monoisotopic (exact) mass is 600 g/mol. The standard InChI is InChI=1S/C22H18Cl2F4N2O5S2/c1-37(32,33)8-17(31)30-9-20(10-30)19-11(2-3-34-20)4-16(36-19)15-7-21(35-29-15,22(26,27)28)12-5-13(23)18(25)14(24)6-12/h4-6H,2-3,7-10H2,1H3. The highest BCUT2D eigenvalue weighted by molar-refractivity contribution is 7.91. The molecule has 3 aliphatic rings. The number of halogens is 6. The van der Waals surface area contributed by atoms with Crippen molar-refractivity contribution in [2.75, 3.05) is 31.7 Å². The van der Waals surface area contributed by atoms with Gasteiger partial charge in [-0.25, -0.2) is 12.8 Å².